The third-order valence-electron chi connectivity index (χ3n) is 4.33. The normalized spacial score (nSPS) is 22.3. The summed E-state index contributed by atoms with van der Waals surface area (Å²) < 4.78 is 5.77. The van der Waals surface area contributed by atoms with Crippen molar-refractivity contribution in [1.29, 1.82) is 0 Å². The third-order valence-corrected chi connectivity index (χ3v) is 4.33. The molecular weight excluding hydrogens is 288 g/mol. The van der Waals surface area contributed by atoms with Crippen molar-refractivity contribution in [3.05, 3.63) is 35.4 Å². The lowest BCUT2D eigenvalue weighted by atomic mass is 10.1. The highest BCUT2D eigenvalue weighted by Gasteiger charge is 2.22. The molecule has 4 nitrogen and oxygen atoms in total. The minimum absolute atomic E-state index is 0.114. The van der Waals surface area contributed by atoms with Crippen molar-refractivity contribution in [3.63, 3.8) is 0 Å². The van der Waals surface area contributed by atoms with Crippen LogP contribution in [0.1, 0.15) is 50.5 Å². The Kier molecular flexibility index (Phi) is 6.19. The van der Waals surface area contributed by atoms with Crippen LogP contribution in [0, 0.1) is 0 Å². The maximum atomic E-state index is 12.5. The van der Waals surface area contributed by atoms with E-state index >= 15 is 0 Å². The Hall–Kier alpha value is -1.39. The first-order chi connectivity index (χ1) is 10.9. The van der Waals surface area contributed by atoms with Crippen LogP contribution in [0.25, 0.3) is 0 Å². The Balaban J connectivity index is 2.00. The molecule has 128 valence electrons. The second-order valence-electron chi connectivity index (χ2n) is 6.83. The zero-order valence-electron chi connectivity index (χ0n) is 15.1. The van der Waals surface area contributed by atoms with Crippen LogP contribution in [-0.2, 0) is 11.3 Å². The highest BCUT2D eigenvalue weighted by atomic mass is 16.5. The van der Waals surface area contributed by atoms with Gasteiger partial charge in [-0.1, -0.05) is 12.1 Å². The van der Waals surface area contributed by atoms with Gasteiger partial charge in [0.15, 0.2) is 0 Å². The molecule has 2 rings (SSSR count). The maximum Gasteiger partial charge on any atom is 0.254 e. The topological polar surface area (TPSA) is 32.8 Å². The molecule has 1 heterocycles. The number of benzene rings is 1. The smallest absolute Gasteiger partial charge is 0.254 e. The van der Waals surface area contributed by atoms with Crippen molar-refractivity contribution < 1.29 is 9.53 Å². The van der Waals surface area contributed by atoms with E-state index < -0.39 is 0 Å². The van der Waals surface area contributed by atoms with Gasteiger partial charge in [0.05, 0.1) is 12.2 Å². The van der Waals surface area contributed by atoms with E-state index in [1.165, 1.54) is 5.56 Å². The van der Waals surface area contributed by atoms with E-state index in [4.69, 9.17) is 4.74 Å². The molecule has 0 aliphatic carbocycles. The Morgan fingerprint density at radius 2 is 1.78 bits per heavy atom. The fourth-order valence-corrected chi connectivity index (χ4v) is 3.33. The molecule has 1 aliphatic rings. The predicted octanol–water partition coefficient (Wildman–Crippen LogP) is 3.17. The molecule has 23 heavy (non-hydrogen) atoms. The standard InChI is InChI=1S/C19H30N2O2/c1-6-21(14(2)3)19(22)18-9-7-17(8-10-18)13-20-11-15(4)23-16(5)12-20/h7-10,14-16H,6,11-13H2,1-5H3/t15-,16+. The van der Waals surface area contributed by atoms with E-state index in [0.717, 1.165) is 31.7 Å². The van der Waals surface area contributed by atoms with Gasteiger partial charge in [0, 0.05) is 37.8 Å². The lowest BCUT2D eigenvalue weighted by Crippen LogP contribution is -2.44. The average molecular weight is 318 g/mol. The predicted molar refractivity (Wildman–Crippen MR) is 93.6 cm³/mol. The van der Waals surface area contributed by atoms with Gasteiger partial charge in [0.25, 0.3) is 5.91 Å². The molecule has 0 N–H and O–H groups in total. The molecule has 1 aromatic rings. The Morgan fingerprint density at radius 1 is 1.22 bits per heavy atom. The zero-order valence-corrected chi connectivity index (χ0v) is 15.1. The van der Waals surface area contributed by atoms with Gasteiger partial charge in [-0.25, -0.2) is 0 Å². The van der Waals surface area contributed by atoms with Crippen molar-refractivity contribution in [2.24, 2.45) is 0 Å². The van der Waals surface area contributed by atoms with Crippen LogP contribution in [0.3, 0.4) is 0 Å². The lowest BCUT2D eigenvalue weighted by Gasteiger charge is -2.35. The lowest BCUT2D eigenvalue weighted by molar-refractivity contribution is -0.0704. The number of rotatable bonds is 5. The van der Waals surface area contributed by atoms with Gasteiger partial charge in [-0.3, -0.25) is 9.69 Å². The summed E-state index contributed by atoms with van der Waals surface area (Å²) in [4.78, 5) is 16.8. The van der Waals surface area contributed by atoms with Gasteiger partial charge in [-0.2, -0.15) is 0 Å². The fourth-order valence-electron chi connectivity index (χ4n) is 3.33. The van der Waals surface area contributed by atoms with E-state index in [-0.39, 0.29) is 24.2 Å². The molecule has 1 fully saturated rings. The molecule has 0 radical (unpaired) electrons. The summed E-state index contributed by atoms with van der Waals surface area (Å²) in [5, 5.41) is 0. The Bertz CT molecular complexity index is 503. The fraction of sp³-hybridized carbons (Fsp3) is 0.632. The Labute approximate surface area is 140 Å². The van der Waals surface area contributed by atoms with Crippen LogP contribution >= 0.6 is 0 Å². The SMILES string of the molecule is CCN(C(=O)c1ccc(CN2C[C@@H](C)O[C@@H](C)C2)cc1)C(C)C. The molecule has 0 unspecified atom stereocenters. The van der Waals surface area contributed by atoms with E-state index in [0.29, 0.717) is 0 Å². The summed E-state index contributed by atoms with van der Waals surface area (Å²) in [7, 11) is 0. The minimum atomic E-state index is 0.114. The number of ether oxygens (including phenoxy) is 1. The summed E-state index contributed by atoms with van der Waals surface area (Å²) >= 11 is 0. The second kappa shape index (κ2) is 7.93. The van der Waals surface area contributed by atoms with Crippen molar-refractivity contribution in [1.82, 2.24) is 9.80 Å². The molecule has 0 aromatic heterocycles. The van der Waals surface area contributed by atoms with Crippen LogP contribution in [0.4, 0.5) is 0 Å². The highest BCUT2D eigenvalue weighted by Crippen LogP contribution is 2.16. The van der Waals surface area contributed by atoms with E-state index in [2.05, 4.69) is 44.7 Å². The maximum absolute atomic E-state index is 12.5. The van der Waals surface area contributed by atoms with E-state index in [1.54, 1.807) is 0 Å². The van der Waals surface area contributed by atoms with Crippen LogP contribution in [0.5, 0.6) is 0 Å². The van der Waals surface area contributed by atoms with Crippen molar-refractivity contribution in [2.75, 3.05) is 19.6 Å². The van der Waals surface area contributed by atoms with Crippen molar-refractivity contribution >= 4 is 5.91 Å². The third kappa shape index (κ3) is 4.79. The summed E-state index contributed by atoms with van der Waals surface area (Å²) in [5.74, 6) is 0.114. The zero-order chi connectivity index (χ0) is 17.0. The van der Waals surface area contributed by atoms with Crippen LogP contribution in [0.15, 0.2) is 24.3 Å². The number of morpholine rings is 1. The van der Waals surface area contributed by atoms with Crippen molar-refractivity contribution in [2.45, 2.75) is 59.4 Å². The summed E-state index contributed by atoms with van der Waals surface area (Å²) in [5.41, 5.74) is 2.02. The largest absolute Gasteiger partial charge is 0.373 e. The number of nitrogens with zero attached hydrogens (tertiary/aromatic N) is 2. The van der Waals surface area contributed by atoms with Crippen LogP contribution in [0.2, 0.25) is 0 Å². The highest BCUT2D eigenvalue weighted by molar-refractivity contribution is 5.94. The van der Waals surface area contributed by atoms with E-state index in [9.17, 15) is 4.79 Å². The molecule has 0 spiro atoms. The molecule has 1 aromatic carbocycles. The number of carbonyl (C=O) groups is 1. The van der Waals surface area contributed by atoms with Crippen LogP contribution < -0.4 is 0 Å². The molecule has 0 saturated carbocycles. The van der Waals surface area contributed by atoms with Gasteiger partial charge in [0.2, 0.25) is 0 Å². The number of hydrogen-bond acceptors (Lipinski definition) is 3. The van der Waals surface area contributed by atoms with Gasteiger partial charge in [0.1, 0.15) is 0 Å². The average Bonchev–Trinajstić information content (AvgIpc) is 2.47. The monoisotopic (exact) mass is 318 g/mol. The summed E-state index contributed by atoms with van der Waals surface area (Å²) in [6.07, 6.45) is 0.563. The molecule has 4 heteroatoms. The van der Waals surface area contributed by atoms with Gasteiger partial charge >= 0.3 is 0 Å². The molecule has 0 bridgehead atoms. The second-order valence-corrected chi connectivity index (χ2v) is 6.83. The van der Waals surface area contributed by atoms with Gasteiger partial charge in [-0.05, 0) is 52.3 Å². The van der Waals surface area contributed by atoms with E-state index in [1.807, 2.05) is 24.0 Å². The Morgan fingerprint density at radius 3 is 2.26 bits per heavy atom. The quantitative estimate of drug-likeness (QED) is 0.836. The number of carbonyl (C=O) groups excluding carboxylic acids is 1. The van der Waals surface area contributed by atoms with Gasteiger partial charge in [-0.15, -0.1) is 0 Å². The summed E-state index contributed by atoms with van der Waals surface area (Å²) in [6.45, 7) is 13.9. The number of amides is 1. The molecular formula is C19H30N2O2. The molecule has 1 amide bonds. The molecule has 1 saturated heterocycles. The number of hydrogen-bond donors (Lipinski definition) is 0. The minimum Gasteiger partial charge on any atom is -0.373 e. The van der Waals surface area contributed by atoms with Crippen LogP contribution in [-0.4, -0.2) is 53.6 Å². The van der Waals surface area contributed by atoms with Crippen molar-refractivity contribution in [3.8, 4) is 0 Å². The molecule has 1 aliphatic heterocycles. The summed E-state index contributed by atoms with van der Waals surface area (Å²) in [6, 6.07) is 8.29. The first-order valence-corrected chi connectivity index (χ1v) is 8.68. The van der Waals surface area contributed by atoms with Gasteiger partial charge < -0.3 is 9.64 Å². The first-order valence-electron chi connectivity index (χ1n) is 8.68. The first kappa shape index (κ1) is 18.0. The molecule has 2 atom stereocenters.